The van der Waals surface area contributed by atoms with Gasteiger partial charge in [0.15, 0.2) is 18.0 Å². The highest BCUT2D eigenvalue weighted by Gasteiger charge is 2.54. The molecule has 0 bridgehead atoms. The lowest BCUT2D eigenvalue weighted by Crippen LogP contribution is -2.56. The van der Waals surface area contributed by atoms with Crippen molar-refractivity contribution in [2.24, 2.45) is 0 Å². The predicted molar refractivity (Wildman–Crippen MR) is 134 cm³/mol. The Kier molecular flexibility index (Phi) is 12.3. The first kappa shape index (κ1) is 31.9. The zero-order chi connectivity index (χ0) is 28.5. The molecule has 11 nitrogen and oxygen atoms in total. The van der Waals surface area contributed by atoms with Gasteiger partial charge in [0.25, 0.3) is 0 Å². The maximum absolute atomic E-state index is 13.0. The number of rotatable bonds is 14. The standard InChI is InChI=1S/C27H42O11/c1-7-9-13-33-24-21(14-19(35-17(4)29)15-34-16(3)28)37-25(22(24)32)26(36-18(5)30)23-20(31)10-12-27(6,38-23)11-8-2/h8,19,21-26,32H,2,7,9-15H2,1,3-6H3/t19-,21?,22?,23+,24?,25?,26-,27-/m1/s1. The highest BCUT2D eigenvalue weighted by molar-refractivity contribution is 5.85. The highest BCUT2D eigenvalue weighted by atomic mass is 16.6. The second-order valence-corrected chi connectivity index (χ2v) is 10.1. The number of hydrogen-bond donors (Lipinski definition) is 1. The first-order chi connectivity index (χ1) is 17.9. The minimum atomic E-state index is -1.29. The van der Waals surface area contributed by atoms with Gasteiger partial charge in [0.05, 0.1) is 11.7 Å². The molecule has 2 heterocycles. The van der Waals surface area contributed by atoms with Gasteiger partial charge in [0.1, 0.15) is 31.0 Å². The number of aliphatic hydroxyl groups is 1. The molecule has 11 heteroatoms. The molecular formula is C27H42O11. The first-order valence-electron chi connectivity index (χ1n) is 13.1. The lowest BCUT2D eigenvalue weighted by atomic mass is 9.86. The number of esters is 3. The van der Waals surface area contributed by atoms with E-state index in [9.17, 15) is 24.3 Å². The van der Waals surface area contributed by atoms with E-state index in [1.54, 1.807) is 6.08 Å². The first-order valence-corrected chi connectivity index (χ1v) is 13.1. The molecule has 2 aliphatic heterocycles. The third kappa shape index (κ3) is 9.14. The monoisotopic (exact) mass is 542 g/mol. The number of carbonyl (C=O) groups excluding carboxylic acids is 4. The number of ether oxygens (including phenoxy) is 6. The van der Waals surface area contributed by atoms with Gasteiger partial charge >= 0.3 is 17.9 Å². The fourth-order valence-electron chi connectivity index (χ4n) is 4.81. The summed E-state index contributed by atoms with van der Waals surface area (Å²) >= 11 is 0. The molecule has 0 amide bonds. The molecule has 1 N–H and O–H groups in total. The van der Waals surface area contributed by atoms with E-state index in [0.29, 0.717) is 19.4 Å². The zero-order valence-electron chi connectivity index (χ0n) is 23.0. The topological polar surface area (TPSA) is 144 Å². The fraction of sp³-hybridized carbons (Fsp3) is 0.778. The van der Waals surface area contributed by atoms with Crippen LogP contribution in [0.5, 0.6) is 0 Å². The summed E-state index contributed by atoms with van der Waals surface area (Å²) in [5.41, 5.74) is -0.705. The van der Waals surface area contributed by atoms with Crippen LogP contribution in [-0.2, 0) is 47.6 Å². The lowest BCUT2D eigenvalue weighted by Gasteiger charge is -2.41. The van der Waals surface area contributed by atoms with Crippen molar-refractivity contribution in [3.05, 3.63) is 12.7 Å². The largest absolute Gasteiger partial charge is 0.462 e. The molecule has 2 fully saturated rings. The second-order valence-electron chi connectivity index (χ2n) is 10.1. The minimum absolute atomic E-state index is 0.0254. The SMILES string of the molecule is C=CC[C@]1(C)CCC(=O)[C@@H]([C@@H](OC(C)=O)C2OC(C[C@H](COC(C)=O)OC(C)=O)C(OCCCC)C2O)O1. The van der Waals surface area contributed by atoms with Crippen LogP contribution < -0.4 is 0 Å². The maximum Gasteiger partial charge on any atom is 0.303 e. The Hall–Kier alpha value is -2.34. The summed E-state index contributed by atoms with van der Waals surface area (Å²) in [7, 11) is 0. The molecule has 0 aliphatic carbocycles. The van der Waals surface area contributed by atoms with Gasteiger partial charge in [-0.3, -0.25) is 19.2 Å². The van der Waals surface area contributed by atoms with Crippen molar-refractivity contribution < 1.29 is 52.7 Å². The highest BCUT2D eigenvalue weighted by Crippen LogP contribution is 2.37. The van der Waals surface area contributed by atoms with Gasteiger partial charge < -0.3 is 33.5 Å². The molecule has 0 aromatic rings. The van der Waals surface area contributed by atoms with Crippen molar-refractivity contribution in [2.45, 2.75) is 121 Å². The molecule has 38 heavy (non-hydrogen) atoms. The van der Waals surface area contributed by atoms with Crippen molar-refractivity contribution >= 4 is 23.7 Å². The van der Waals surface area contributed by atoms with E-state index in [-0.39, 0.29) is 25.2 Å². The van der Waals surface area contributed by atoms with E-state index in [1.165, 1.54) is 20.8 Å². The van der Waals surface area contributed by atoms with Crippen LogP contribution >= 0.6 is 0 Å². The van der Waals surface area contributed by atoms with Crippen molar-refractivity contribution in [3.63, 3.8) is 0 Å². The molecular weight excluding hydrogens is 500 g/mol. The molecule has 4 unspecified atom stereocenters. The second kappa shape index (κ2) is 14.7. The van der Waals surface area contributed by atoms with Gasteiger partial charge in [-0.05, 0) is 26.2 Å². The molecule has 216 valence electrons. The van der Waals surface area contributed by atoms with Crippen molar-refractivity contribution in [1.82, 2.24) is 0 Å². The third-order valence-electron chi connectivity index (χ3n) is 6.61. The molecule has 0 radical (unpaired) electrons. The Morgan fingerprint density at radius 3 is 2.45 bits per heavy atom. The Labute approximate surface area is 224 Å². The smallest absolute Gasteiger partial charge is 0.303 e. The molecule has 0 aromatic heterocycles. The number of hydrogen-bond acceptors (Lipinski definition) is 11. The number of aliphatic hydroxyl groups excluding tert-OH is 1. The summed E-state index contributed by atoms with van der Waals surface area (Å²) in [5, 5.41) is 11.3. The summed E-state index contributed by atoms with van der Waals surface area (Å²) in [5.74, 6) is -2.07. The number of Topliss-reactive ketones (excluding diaryl/α,β-unsaturated/α-hetero) is 1. The summed E-state index contributed by atoms with van der Waals surface area (Å²) in [6.45, 7) is 11.4. The molecule has 2 saturated heterocycles. The third-order valence-corrected chi connectivity index (χ3v) is 6.61. The van der Waals surface area contributed by atoms with E-state index in [4.69, 9.17) is 28.4 Å². The van der Waals surface area contributed by atoms with Crippen LogP contribution in [0.15, 0.2) is 12.7 Å². The molecule has 0 spiro atoms. The van der Waals surface area contributed by atoms with Crippen molar-refractivity contribution in [2.75, 3.05) is 13.2 Å². The van der Waals surface area contributed by atoms with Crippen LogP contribution in [0, 0.1) is 0 Å². The van der Waals surface area contributed by atoms with Crippen molar-refractivity contribution in [1.29, 1.82) is 0 Å². The molecule has 8 atom stereocenters. The van der Waals surface area contributed by atoms with Crippen LogP contribution in [0.25, 0.3) is 0 Å². The van der Waals surface area contributed by atoms with Crippen LogP contribution in [0.1, 0.15) is 73.1 Å². The summed E-state index contributed by atoms with van der Waals surface area (Å²) in [6, 6.07) is 0. The predicted octanol–water partition coefficient (Wildman–Crippen LogP) is 2.20. The van der Waals surface area contributed by atoms with Gasteiger partial charge in [-0.2, -0.15) is 0 Å². The van der Waals surface area contributed by atoms with Crippen LogP contribution in [-0.4, -0.2) is 90.3 Å². The van der Waals surface area contributed by atoms with Gasteiger partial charge in [-0.1, -0.05) is 19.4 Å². The number of carbonyl (C=O) groups is 4. The summed E-state index contributed by atoms with van der Waals surface area (Å²) in [4.78, 5) is 48.1. The number of ketones is 1. The van der Waals surface area contributed by atoms with E-state index >= 15 is 0 Å². The average molecular weight is 543 g/mol. The molecule has 2 aliphatic rings. The van der Waals surface area contributed by atoms with Crippen LogP contribution in [0.3, 0.4) is 0 Å². The summed E-state index contributed by atoms with van der Waals surface area (Å²) in [6.07, 6.45) is -3.03. The Bertz CT molecular complexity index is 843. The average Bonchev–Trinajstić information content (AvgIpc) is 3.12. The minimum Gasteiger partial charge on any atom is -0.462 e. The van der Waals surface area contributed by atoms with Gasteiger partial charge in [-0.15, -0.1) is 6.58 Å². The van der Waals surface area contributed by atoms with Crippen LogP contribution in [0.4, 0.5) is 0 Å². The normalized spacial score (nSPS) is 30.8. The molecule has 2 rings (SSSR count). The maximum atomic E-state index is 13.0. The molecule has 0 aromatic carbocycles. The fourth-order valence-corrected chi connectivity index (χ4v) is 4.81. The zero-order valence-corrected chi connectivity index (χ0v) is 23.0. The Morgan fingerprint density at radius 1 is 1.18 bits per heavy atom. The quantitative estimate of drug-likeness (QED) is 0.149. The van der Waals surface area contributed by atoms with E-state index in [0.717, 1.165) is 12.8 Å². The van der Waals surface area contributed by atoms with E-state index in [2.05, 4.69) is 6.58 Å². The van der Waals surface area contributed by atoms with Gasteiger partial charge in [-0.25, -0.2) is 0 Å². The van der Waals surface area contributed by atoms with Gasteiger partial charge in [0, 0.05) is 40.2 Å². The van der Waals surface area contributed by atoms with E-state index in [1.807, 2.05) is 13.8 Å². The Morgan fingerprint density at radius 2 is 1.87 bits per heavy atom. The lowest BCUT2D eigenvalue weighted by molar-refractivity contribution is -0.205. The Balaban J connectivity index is 2.36. The number of unbranched alkanes of at least 4 members (excludes halogenated alkanes) is 1. The summed E-state index contributed by atoms with van der Waals surface area (Å²) < 4.78 is 34.2. The molecule has 0 saturated carbocycles. The van der Waals surface area contributed by atoms with Crippen molar-refractivity contribution in [3.8, 4) is 0 Å². The van der Waals surface area contributed by atoms with E-state index < -0.39 is 66.2 Å². The van der Waals surface area contributed by atoms with Crippen LogP contribution in [0.2, 0.25) is 0 Å². The van der Waals surface area contributed by atoms with Gasteiger partial charge in [0.2, 0.25) is 0 Å².